The highest BCUT2D eigenvalue weighted by Crippen LogP contribution is 2.48. The topological polar surface area (TPSA) is 63.9 Å². The molecule has 3 aromatic rings. The fourth-order valence-corrected chi connectivity index (χ4v) is 4.73. The van der Waals surface area contributed by atoms with E-state index in [9.17, 15) is 18.0 Å². The van der Waals surface area contributed by atoms with Gasteiger partial charge in [0.1, 0.15) is 23.8 Å². The van der Waals surface area contributed by atoms with Gasteiger partial charge in [0.2, 0.25) is 0 Å². The van der Waals surface area contributed by atoms with Crippen LogP contribution in [0.5, 0.6) is 11.5 Å². The Kier molecular flexibility index (Phi) is 5.51. The second-order valence-corrected chi connectivity index (χ2v) is 8.39. The molecule has 1 saturated heterocycles. The van der Waals surface area contributed by atoms with Crippen LogP contribution < -0.4 is 9.47 Å². The van der Waals surface area contributed by atoms with Gasteiger partial charge in [-0.1, -0.05) is 12.1 Å². The number of fused-ring (bicyclic) bond motifs is 4. The molecule has 1 fully saturated rings. The monoisotopic (exact) mass is 472 g/mol. The van der Waals surface area contributed by atoms with E-state index in [1.807, 2.05) is 0 Å². The predicted molar refractivity (Wildman–Crippen MR) is 117 cm³/mol. The molecule has 6 nitrogen and oxygen atoms in total. The summed E-state index contributed by atoms with van der Waals surface area (Å²) in [6.45, 7) is 0.756. The maximum Gasteiger partial charge on any atom is 0.431 e. The summed E-state index contributed by atoms with van der Waals surface area (Å²) in [7, 11) is 0. The van der Waals surface area contributed by atoms with Crippen LogP contribution in [0.4, 0.5) is 13.2 Å². The molecule has 2 aliphatic heterocycles. The molecule has 0 aliphatic carbocycles. The fourth-order valence-electron chi connectivity index (χ4n) is 4.73. The van der Waals surface area contributed by atoms with Crippen LogP contribution in [-0.4, -0.2) is 46.8 Å². The van der Waals surface area contributed by atoms with Crippen LogP contribution in [0.15, 0.2) is 60.7 Å². The van der Waals surface area contributed by atoms with Gasteiger partial charge in [-0.2, -0.15) is 13.2 Å². The lowest BCUT2D eigenvalue weighted by Crippen LogP contribution is -2.50. The number of alkyl halides is 3. The van der Waals surface area contributed by atoms with Gasteiger partial charge in [0.15, 0.2) is 5.60 Å². The predicted octanol–water partition coefficient (Wildman–Crippen LogP) is 4.39. The van der Waals surface area contributed by atoms with E-state index in [0.29, 0.717) is 54.4 Å². The molecule has 1 spiro atoms. The van der Waals surface area contributed by atoms with Crippen LogP contribution in [0.25, 0.3) is 5.69 Å². The molecule has 178 valence electrons. The Morgan fingerprint density at radius 1 is 1.03 bits per heavy atom. The Bertz CT molecular complexity index is 1200. The Balaban J connectivity index is 1.39. The number of benzene rings is 2. The number of ether oxygens (including phenoxy) is 2. The van der Waals surface area contributed by atoms with E-state index < -0.39 is 17.5 Å². The van der Waals surface area contributed by atoms with Gasteiger partial charge in [0, 0.05) is 31.5 Å². The van der Waals surface area contributed by atoms with E-state index in [-0.39, 0.29) is 19.1 Å². The van der Waals surface area contributed by atoms with Crippen LogP contribution in [0.3, 0.4) is 0 Å². The van der Waals surface area contributed by atoms with Crippen molar-refractivity contribution >= 4 is 5.91 Å². The lowest BCUT2D eigenvalue weighted by atomic mass is 9.86. The van der Waals surface area contributed by atoms with Crippen LogP contribution in [0.1, 0.15) is 34.6 Å². The quantitative estimate of drug-likeness (QED) is 0.612. The molecule has 0 unspecified atom stereocenters. The van der Waals surface area contributed by atoms with Crippen LogP contribution in [0.2, 0.25) is 0 Å². The zero-order valence-electron chi connectivity index (χ0n) is 18.2. The van der Waals surface area contributed by atoms with Gasteiger partial charge in [-0.3, -0.25) is 4.79 Å². The standard InChI is InChI=1S/C25H23F3N2O4/c26-25(27,28)22-10-9-21-24(34-20-4-2-1-3-19(20)30(21)22)11-13-29(14-12-24)23(32)17-5-7-18(8-6-17)33-16-15-31/h1-10,31H,11-16H2. The third-order valence-electron chi connectivity index (χ3n) is 6.37. The average Bonchev–Trinajstić information content (AvgIpc) is 3.31. The Hall–Kier alpha value is -3.46. The molecule has 1 amide bonds. The van der Waals surface area contributed by atoms with Gasteiger partial charge in [-0.15, -0.1) is 0 Å². The summed E-state index contributed by atoms with van der Waals surface area (Å²) in [4.78, 5) is 14.7. The zero-order valence-corrected chi connectivity index (χ0v) is 18.2. The van der Waals surface area contributed by atoms with Crippen LogP contribution in [0, 0.1) is 0 Å². The van der Waals surface area contributed by atoms with Crippen molar-refractivity contribution < 1.29 is 32.5 Å². The first kappa shape index (κ1) is 22.3. The second-order valence-electron chi connectivity index (χ2n) is 8.39. The molecule has 5 rings (SSSR count). The van der Waals surface area contributed by atoms with E-state index in [1.54, 1.807) is 53.4 Å². The van der Waals surface area contributed by atoms with E-state index in [1.165, 1.54) is 10.6 Å². The van der Waals surface area contributed by atoms with Crippen molar-refractivity contribution in [1.82, 2.24) is 9.47 Å². The molecule has 1 N–H and O–H groups in total. The van der Waals surface area contributed by atoms with E-state index >= 15 is 0 Å². The minimum absolute atomic E-state index is 0.101. The second kappa shape index (κ2) is 8.39. The summed E-state index contributed by atoms with van der Waals surface area (Å²) in [5, 5.41) is 8.85. The summed E-state index contributed by atoms with van der Waals surface area (Å²) >= 11 is 0. The number of piperidine rings is 1. The lowest BCUT2D eigenvalue weighted by Gasteiger charge is -2.45. The third kappa shape index (κ3) is 3.79. The molecule has 2 aromatic carbocycles. The number of amides is 1. The number of nitrogens with zero attached hydrogens (tertiary/aromatic N) is 2. The average molecular weight is 472 g/mol. The number of likely N-dealkylation sites (tertiary alicyclic amines) is 1. The van der Waals surface area contributed by atoms with Crippen molar-refractivity contribution in [2.45, 2.75) is 24.6 Å². The number of hydrogen-bond acceptors (Lipinski definition) is 4. The van der Waals surface area contributed by atoms with E-state index in [2.05, 4.69) is 0 Å². The minimum atomic E-state index is -4.51. The summed E-state index contributed by atoms with van der Waals surface area (Å²) in [6.07, 6.45) is -3.77. The molecular formula is C25H23F3N2O4. The van der Waals surface area contributed by atoms with Gasteiger partial charge >= 0.3 is 6.18 Å². The number of para-hydroxylation sites is 2. The van der Waals surface area contributed by atoms with Crippen LogP contribution >= 0.6 is 0 Å². The smallest absolute Gasteiger partial charge is 0.431 e. The van der Waals surface area contributed by atoms with Gasteiger partial charge in [-0.25, -0.2) is 0 Å². The summed E-state index contributed by atoms with van der Waals surface area (Å²) in [6, 6.07) is 16.0. The molecule has 3 heterocycles. The van der Waals surface area contributed by atoms with E-state index in [4.69, 9.17) is 14.6 Å². The minimum Gasteiger partial charge on any atom is -0.491 e. The Morgan fingerprint density at radius 2 is 1.74 bits per heavy atom. The number of carbonyl (C=O) groups excluding carboxylic acids is 1. The number of hydrogen-bond donors (Lipinski definition) is 1. The largest absolute Gasteiger partial charge is 0.491 e. The fraction of sp³-hybridized carbons (Fsp3) is 0.320. The molecule has 0 radical (unpaired) electrons. The Morgan fingerprint density at radius 3 is 2.41 bits per heavy atom. The summed E-state index contributed by atoms with van der Waals surface area (Å²) in [5.74, 6) is 0.791. The van der Waals surface area contributed by atoms with E-state index in [0.717, 1.165) is 6.07 Å². The van der Waals surface area contributed by atoms with Crippen LogP contribution in [-0.2, 0) is 11.8 Å². The zero-order chi connectivity index (χ0) is 23.9. The van der Waals surface area contributed by atoms with Gasteiger partial charge < -0.3 is 24.0 Å². The number of halogens is 3. The van der Waals surface area contributed by atoms with Crippen molar-refractivity contribution in [3.63, 3.8) is 0 Å². The van der Waals surface area contributed by atoms with Gasteiger partial charge in [-0.05, 0) is 48.5 Å². The maximum absolute atomic E-state index is 13.8. The normalized spacial score (nSPS) is 16.5. The lowest BCUT2D eigenvalue weighted by molar-refractivity contribution is -0.143. The first-order valence-electron chi connectivity index (χ1n) is 11.0. The maximum atomic E-state index is 13.8. The van der Waals surface area contributed by atoms with Crippen molar-refractivity contribution in [1.29, 1.82) is 0 Å². The number of aliphatic hydroxyl groups is 1. The molecule has 0 saturated carbocycles. The van der Waals surface area contributed by atoms with Gasteiger partial charge in [0.25, 0.3) is 5.91 Å². The first-order valence-corrected chi connectivity index (χ1v) is 11.0. The van der Waals surface area contributed by atoms with Crippen molar-refractivity contribution in [2.24, 2.45) is 0 Å². The number of aromatic nitrogens is 1. The van der Waals surface area contributed by atoms with Crippen molar-refractivity contribution in [2.75, 3.05) is 26.3 Å². The highest BCUT2D eigenvalue weighted by molar-refractivity contribution is 5.94. The number of rotatable bonds is 4. The third-order valence-corrected chi connectivity index (χ3v) is 6.37. The first-order chi connectivity index (χ1) is 16.3. The molecular weight excluding hydrogens is 449 g/mol. The highest BCUT2D eigenvalue weighted by Gasteiger charge is 2.48. The highest BCUT2D eigenvalue weighted by atomic mass is 19.4. The van der Waals surface area contributed by atoms with Crippen molar-refractivity contribution in [3.05, 3.63) is 77.6 Å². The molecule has 0 atom stereocenters. The summed E-state index contributed by atoms with van der Waals surface area (Å²) < 4.78 is 54.2. The summed E-state index contributed by atoms with van der Waals surface area (Å²) in [5.41, 5.74) is -0.376. The molecule has 0 bridgehead atoms. The molecule has 1 aromatic heterocycles. The number of aliphatic hydroxyl groups excluding tert-OH is 1. The molecule has 34 heavy (non-hydrogen) atoms. The SMILES string of the molecule is O=C(c1ccc(OCCO)cc1)N1CCC2(CC1)Oc1ccccc1-n1c(C(F)(F)F)ccc12. The number of carbonyl (C=O) groups is 1. The van der Waals surface area contributed by atoms with Crippen molar-refractivity contribution in [3.8, 4) is 17.2 Å². The Labute approximate surface area is 194 Å². The van der Waals surface area contributed by atoms with Gasteiger partial charge in [0.05, 0.1) is 18.0 Å². The molecule has 9 heteroatoms. The molecule has 2 aliphatic rings.